The quantitative estimate of drug-likeness (QED) is 0.158. The summed E-state index contributed by atoms with van der Waals surface area (Å²) < 4.78 is 13.1. The van der Waals surface area contributed by atoms with Crippen LogP contribution >= 0.6 is 0 Å². The SMILES string of the molecule is CCC(CC)NC(=O)c1cnc(-c2cccc(-c3cc(C(=O)N[C@H](C(=O)O)C(C)C)n(CCOCc4ccccc4)n3)c2)o1. The van der Waals surface area contributed by atoms with Crippen LogP contribution in [0.25, 0.3) is 22.7 Å². The summed E-state index contributed by atoms with van der Waals surface area (Å²) in [7, 11) is 0. The molecular formula is C33H39N5O6. The molecule has 11 nitrogen and oxygen atoms in total. The number of ether oxygens (including phenoxy) is 1. The van der Waals surface area contributed by atoms with Gasteiger partial charge in [0.25, 0.3) is 11.8 Å². The van der Waals surface area contributed by atoms with Crippen LogP contribution in [-0.4, -0.2) is 56.3 Å². The molecule has 2 aromatic heterocycles. The fourth-order valence-corrected chi connectivity index (χ4v) is 4.63. The number of carboxylic acid groups (broad SMARTS) is 1. The normalized spacial score (nSPS) is 12.0. The lowest BCUT2D eigenvalue weighted by Crippen LogP contribution is -2.45. The Labute approximate surface area is 256 Å². The largest absolute Gasteiger partial charge is 0.480 e. The smallest absolute Gasteiger partial charge is 0.326 e. The zero-order chi connectivity index (χ0) is 31.6. The van der Waals surface area contributed by atoms with Crippen molar-refractivity contribution in [2.75, 3.05) is 6.61 Å². The van der Waals surface area contributed by atoms with E-state index in [1.54, 1.807) is 32.0 Å². The maximum absolute atomic E-state index is 13.3. The minimum absolute atomic E-state index is 0.0518. The Hall–Kier alpha value is -4.77. The minimum atomic E-state index is -1.11. The van der Waals surface area contributed by atoms with Gasteiger partial charge in [-0.15, -0.1) is 0 Å². The first-order valence-electron chi connectivity index (χ1n) is 14.8. The number of carbonyl (C=O) groups excluding carboxylic acids is 2. The van der Waals surface area contributed by atoms with Crippen molar-refractivity contribution in [3.63, 3.8) is 0 Å². The first-order chi connectivity index (χ1) is 21.2. The van der Waals surface area contributed by atoms with Gasteiger partial charge in [-0.25, -0.2) is 9.78 Å². The van der Waals surface area contributed by atoms with Crippen molar-refractivity contribution in [2.24, 2.45) is 5.92 Å². The lowest BCUT2D eigenvalue weighted by atomic mass is 10.0. The number of benzene rings is 2. The Morgan fingerprint density at radius 3 is 2.36 bits per heavy atom. The van der Waals surface area contributed by atoms with E-state index in [0.29, 0.717) is 23.4 Å². The molecule has 0 unspecified atom stereocenters. The van der Waals surface area contributed by atoms with Gasteiger partial charge in [0, 0.05) is 17.2 Å². The van der Waals surface area contributed by atoms with Crippen molar-refractivity contribution in [2.45, 2.75) is 65.8 Å². The predicted molar refractivity (Wildman–Crippen MR) is 165 cm³/mol. The maximum atomic E-state index is 13.3. The third kappa shape index (κ3) is 8.19. The molecule has 0 fully saturated rings. The molecule has 0 aliphatic carbocycles. The Morgan fingerprint density at radius 2 is 1.68 bits per heavy atom. The van der Waals surface area contributed by atoms with E-state index < -0.39 is 17.9 Å². The number of hydrogen-bond donors (Lipinski definition) is 3. The Bertz CT molecular complexity index is 1560. The number of nitrogens with one attached hydrogen (secondary N) is 2. The highest BCUT2D eigenvalue weighted by atomic mass is 16.5. The van der Waals surface area contributed by atoms with Gasteiger partial charge in [0.05, 0.1) is 31.6 Å². The van der Waals surface area contributed by atoms with E-state index in [9.17, 15) is 19.5 Å². The molecular weight excluding hydrogens is 562 g/mol. The number of carbonyl (C=O) groups is 3. The average Bonchev–Trinajstić information content (AvgIpc) is 3.69. The molecule has 3 N–H and O–H groups in total. The van der Waals surface area contributed by atoms with Gasteiger partial charge in [-0.05, 0) is 42.5 Å². The molecule has 2 heterocycles. The van der Waals surface area contributed by atoms with Crippen LogP contribution in [0.3, 0.4) is 0 Å². The van der Waals surface area contributed by atoms with Gasteiger partial charge in [-0.3, -0.25) is 14.3 Å². The molecule has 0 spiro atoms. The summed E-state index contributed by atoms with van der Waals surface area (Å²) in [6, 6.07) is 17.6. The van der Waals surface area contributed by atoms with Gasteiger partial charge in [0.15, 0.2) is 0 Å². The minimum Gasteiger partial charge on any atom is -0.480 e. The summed E-state index contributed by atoms with van der Waals surface area (Å²) in [6.07, 6.45) is 3.02. The molecule has 1 atom stereocenters. The van der Waals surface area contributed by atoms with Crippen molar-refractivity contribution >= 4 is 17.8 Å². The lowest BCUT2D eigenvalue weighted by Gasteiger charge is -2.18. The van der Waals surface area contributed by atoms with Crippen LogP contribution in [0.4, 0.5) is 0 Å². The monoisotopic (exact) mass is 601 g/mol. The molecule has 2 aromatic carbocycles. The highest BCUT2D eigenvalue weighted by Crippen LogP contribution is 2.26. The van der Waals surface area contributed by atoms with Gasteiger partial charge in [0.1, 0.15) is 11.7 Å². The van der Waals surface area contributed by atoms with Crippen LogP contribution in [0.5, 0.6) is 0 Å². The molecule has 0 radical (unpaired) electrons. The van der Waals surface area contributed by atoms with Crippen LogP contribution in [0.1, 0.15) is 67.1 Å². The van der Waals surface area contributed by atoms with E-state index in [4.69, 9.17) is 9.15 Å². The molecule has 4 aromatic rings. The Kier molecular flexibility index (Phi) is 11.0. The lowest BCUT2D eigenvalue weighted by molar-refractivity contribution is -0.140. The summed E-state index contributed by atoms with van der Waals surface area (Å²) in [6.45, 7) is 8.43. The Balaban J connectivity index is 1.57. The molecule has 4 rings (SSSR count). The summed E-state index contributed by atoms with van der Waals surface area (Å²) >= 11 is 0. The number of carboxylic acids is 1. The highest BCUT2D eigenvalue weighted by molar-refractivity contribution is 5.96. The zero-order valence-electron chi connectivity index (χ0n) is 25.4. The van der Waals surface area contributed by atoms with Gasteiger partial charge in [-0.2, -0.15) is 5.10 Å². The van der Waals surface area contributed by atoms with E-state index in [1.807, 2.05) is 56.3 Å². The van der Waals surface area contributed by atoms with Gasteiger partial charge >= 0.3 is 5.97 Å². The number of amides is 2. The second kappa shape index (κ2) is 15.1. The van der Waals surface area contributed by atoms with Crippen LogP contribution in [-0.2, 0) is 22.7 Å². The van der Waals surface area contributed by atoms with Crippen molar-refractivity contribution in [3.05, 3.63) is 83.9 Å². The van der Waals surface area contributed by atoms with E-state index in [2.05, 4.69) is 20.7 Å². The third-order valence-corrected chi connectivity index (χ3v) is 7.25. The summed E-state index contributed by atoms with van der Waals surface area (Å²) in [5, 5.41) is 19.9. The molecule has 2 amide bonds. The molecule has 0 aliphatic heterocycles. The van der Waals surface area contributed by atoms with E-state index in [0.717, 1.165) is 18.4 Å². The van der Waals surface area contributed by atoms with Crippen molar-refractivity contribution in [3.8, 4) is 22.7 Å². The zero-order valence-corrected chi connectivity index (χ0v) is 25.4. The molecule has 0 saturated heterocycles. The number of hydrogen-bond acceptors (Lipinski definition) is 7. The van der Waals surface area contributed by atoms with Crippen LogP contribution in [0.15, 0.2) is 71.3 Å². The number of aromatic nitrogens is 3. The van der Waals surface area contributed by atoms with Crippen molar-refractivity contribution in [1.29, 1.82) is 0 Å². The number of oxazole rings is 1. The summed E-state index contributed by atoms with van der Waals surface area (Å²) in [5.74, 6) is -1.91. The fraction of sp³-hybridized carbons (Fsp3) is 0.364. The van der Waals surface area contributed by atoms with Gasteiger partial charge in [-0.1, -0.05) is 70.2 Å². The van der Waals surface area contributed by atoms with E-state index >= 15 is 0 Å². The van der Waals surface area contributed by atoms with Crippen LogP contribution in [0, 0.1) is 5.92 Å². The first-order valence-corrected chi connectivity index (χ1v) is 14.8. The molecule has 0 bridgehead atoms. The average molecular weight is 602 g/mol. The molecule has 44 heavy (non-hydrogen) atoms. The topological polar surface area (TPSA) is 149 Å². The highest BCUT2D eigenvalue weighted by Gasteiger charge is 2.26. The summed E-state index contributed by atoms with van der Waals surface area (Å²) in [5.41, 5.74) is 3.03. The fourth-order valence-electron chi connectivity index (χ4n) is 4.63. The number of aliphatic carboxylic acids is 1. The van der Waals surface area contributed by atoms with E-state index in [1.165, 1.54) is 10.9 Å². The van der Waals surface area contributed by atoms with Crippen LogP contribution < -0.4 is 10.6 Å². The predicted octanol–water partition coefficient (Wildman–Crippen LogP) is 5.18. The molecule has 11 heteroatoms. The third-order valence-electron chi connectivity index (χ3n) is 7.25. The number of nitrogens with zero attached hydrogens (tertiary/aromatic N) is 3. The second-order valence-electron chi connectivity index (χ2n) is 10.8. The van der Waals surface area contributed by atoms with Crippen molar-refractivity contribution < 1.29 is 28.6 Å². The maximum Gasteiger partial charge on any atom is 0.326 e. The van der Waals surface area contributed by atoms with E-state index in [-0.39, 0.29) is 48.4 Å². The molecule has 0 aliphatic rings. The number of rotatable bonds is 15. The first kappa shape index (κ1) is 32.2. The van der Waals surface area contributed by atoms with Gasteiger partial charge in [0.2, 0.25) is 11.7 Å². The van der Waals surface area contributed by atoms with Crippen LogP contribution in [0.2, 0.25) is 0 Å². The summed E-state index contributed by atoms with van der Waals surface area (Å²) in [4.78, 5) is 42.0. The molecule has 0 saturated carbocycles. The van der Waals surface area contributed by atoms with Crippen molar-refractivity contribution in [1.82, 2.24) is 25.4 Å². The van der Waals surface area contributed by atoms with Gasteiger partial charge < -0.3 is 24.9 Å². The Morgan fingerprint density at radius 1 is 0.955 bits per heavy atom. The molecule has 232 valence electrons. The second-order valence-corrected chi connectivity index (χ2v) is 10.8. The standard InChI is InChI=1S/C33H39N5O6/c1-5-25(6-2)35-31(40)28-19-34-32(44-28)24-14-10-13-23(17-24)26-18-27(30(39)36-29(21(3)4)33(41)42)38(37-26)15-16-43-20-22-11-8-7-9-12-22/h7-14,17-19,21,25,29H,5-6,15-16,20H2,1-4H3,(H,35,40)(H,36,39)(H,41,42)/t29-/m0/s1.